The largest absolute Gasteiger partial charge is 0.393 e. The van der Waals surface area contributed by atoms with Crippen molar-refractivity contribution in [1.29, 1.82) is 0 Å². The Morgan fingerprint density at radius 2 is 2.00 bits per heavy atom. The van der Waals surface area contributed by atoms with Crippen LogP contribution in [0.15, 0.2) is 0 Å². The van der Waals surface area contributed by atoms with E-state index < -0.39 is 17.2 Å². The van der Waals surface area contributed by atoms with Crippen LogP contribution in [-0.2, 0) is 20.5 Å². The molecule has 0 radical (unpaired) electrons. The van der Waals surface area contributed by atoms with Crippen LogP contribution in [0.5, 0.6) is 0 Å². The summed E-state index contributed by atoms with van der Waals surface area (Å²) >= 11 is -0.803. The van der Waals surface area contributed by atoms with E-state index in [0.29, 0.717) is 18.8 Å². The predicted molar refractivity (Wildman–Crippen MR) is 71.4 cm³/mol. The third-order valence-electron chi connectivity index (χ3n) is 4.41. The molecule has 0 heterocycles. The molecule has 0 amide bonds. The molecule has 2 aliphatic carbocycles. The third kappa shape index (κ3) is 3.69. The van der Waals surface area contributed by atoms with Crippen molar-refractivity contribution < 1.29 is 28.5 Å². The van der Waals surface area contributed by atoms with Crippen molar-refractivity contribution in [3.63, 3.8) is 0 Å². The molecule has 7 unspecified atom stereocenters. The van der Waals surface area contributed by atoms with Crippen molar-refractivity contribution in [2.45, 2.75) is 49.2 Å². The van der Waals surface area contributed by atoms with E-state index in [-0.39, 0.29) is 22.3 Å². The van der Waals surface area contributed by atoms with Gasteiger partial charge in [-0.3, -0.25) is 0 Å². The van der Waals surface area contributed by atoms with E-state index in [0.717, 1.165) is 24.9 Å². The Labute approximate surface area is 119 Å². The van der Waals surface area contributed by atoms with Gasteiger partial charge in [-0.1, -0.05) is 12.0 Å². The fourth-order valence-corrected chi connectivity index (χ4v) is 5.38. The summed E-state index contributed by atoms with van der Waals surface area (Å²) in [6.07, 6.45) is 2.23. The van der Waals surface area contributed by atoms with Crippen LogP contribution < -0.4 is 0 Å². The predicted octanol–water partition coefficient (Wildman–Crippen LogP) is 1.83. The normalized spacial score (nSPS) is 44.6. The highest BCUT2D eigenvalue weighted by atomic mass is 32.2. The van der Waals surface area contributed by atoms with Crippen molar-refractivity contribution in [1.82, 2.24) is 0 Å². The van der Waals surface area contributed by atoms with Crippen molar-refractivity contribution in [3.8, 4) is 0 Å². The van der Waals surface area contributed by atoms with E-state index in [1.165, 1.54) is 0 Å². The maximum Gasteiger partial charge on any atom is 0.156 e. The minimum absolute atomic E-state index is 0.168. The Kier molecular flexibility index (Phi) is 5.65. The van der Waals surface area contributed by atoms with Crippen LogP contribution in [-0.4, -0.2) is 35.7 Å². The Morgan fingerprint density at radius 1 is 1.26 bits per heavy atom. The summed E-state index contributed by atoms with van der Waals surface area (Å²) in [6, 6.07) is 0. The third-order valence-corrected chi connectivity index (χ3v) is 6.16. The number of aliphatic hydroxyl groups is 1. The van der Waals surface area contributed by atoms with Gasteiger partial charge in [0.2, 0.25) is 0 Å². The number of rotatable bonds is 4. The first-order chi connectivity index (χ1) is 9.02. The highest BCUT2D eigenvalue weighted by Gasteiger charge is 2.45. The fraction of sp³-hybridized carbons (Fsp3) is 1.00. The molecule has 0 aliphatic heterocycles. The zero-order chi connectivity index (χ0) is 14.0. The molecule has 2 rings (SSSR count). The maximum absolute atomic E-state index is 11.2. The quantitative estimate of drug-likeness (QED) is 0.315. The number of hydrogen-bond acceptors (Lipinski definition) is 6. The topological polar surface area (TPSA) is 96.2 Å². The van der Waals surface area contributed by atoms with Gasteiger partial charge in [0.25, 0.3) is 0 Å². The van der Waals surface area contributed by atoms with Crippen LogP contribution in [0, 0.1) is 17.8 Å². The van der Waals surface area contributed by atoms with Crippen LogP contribution >= 0.6 is 12.0 Å². The van der Waals surface area contributed by atoms with Crippen LogP contribution in [0.1, 0.15) is 32.6 Å². The minimum Gasteiger partial charge on any atom is -0.393 e. The van der Waals surface area contributed by atoms with Crippen molar-refractivity contribution in [3.05, 3.63) is 0 Å². The lowest BCUT2D eigenvalue weighted by atomic mass is 9.64. The average molecular weight is 312 g/mol. The molecule has 0 aromatic rings. The summed E-state index contributed by atoms with van der Waals surface area (Å²) in [6.45, 7) is 2.09. The van der Waals surface area contributed by atoms with E-state index in [9.17, 15) is 13.9 Å². The van der Waals surface area contributed by atoms with Gasteiger partial charge in [0, 0.05) is 17.3 Å². The molecule has 0 aromatic heterocycles. The van der Waals surface area contributed by atoms with Gasteiger partial charge < -0.3 is 9.66 Å². The number of aliphatic hydroxyl groups excluding tert-OH is 1. The summed E-state index contributed by atoms with van der Waals surface area (Å²) in [4.78, 5) is 0. The molecular formula is C11H20O6S2. The SMILES string of the molecule is CC1CC(SOOO)CC2CC(S(=O)O)CC(O)C12. The highest BCUT2D eigenvalue weighted by Crippen LogP contribution is 2.47. The van der Waals surface area contributed by atoms with Gasteiger partial charge in [-0.25, -0.2) is 9.47 Å². The Balaban J connectivity index is 2.02. The van der Waals surface area contributed by atoms with E-state index >= 15 is 0 Å². The molecule has 0 aromatic carbocycles. The molecule has 7 atom stereocenters. The van der Waals surface area contributed by atoms with Gasteiger partial charge in [-0.15, -0.1) is 4.33 Å². The van der Waals surface area contributed by atoms with E-state index in [2.05, 4.69) is 16.3 Å². The first kappa shape index (κ1) is 15.7. The monoisotopic (exact) mass is 312 g/mol. The van der Waals surface area contributed by atoms with Gasteiger partial charge in [0.15, 0.2) is 11.1 Å². The molecule has 8 heteroatoms. The first-order valence-corrected chi connectivity index (χ1v) is 8.41. The zero-order valence-electron chi connectivity index (χ0n) is 10.7. The number of hydrogen-bond donors (Lipinski definition) is 3. The zero-order valence-corrected chi connectivity index (χ0v) is 12.3. The van der Waals surface area contributed by atoms with Crippen molar-refractivity contribution in [2.24, 2.45) is 17.8 Å². The summed E-state index contributed by atoms with van der Waals surface area (Å²) in [5.41, 5.74) is 0. The van der Waals surface area contributed by atoms with E-state index in [1.807, 2.05) is 0 Å². The van der Waals surface area contributed by atoms with Crippen molar-refractivity contribution >= 4 is 23.1 Å². The summed E-state index contributed by atoms with van der Waals surface area (Å²) in [7, 11) is 0. The smallest absolute Gasteiger partial charge is 0.156 e. The Morgan fingerprint density at radius 3 is 2.63 bits per heavy atom. The average Bonchev–Trinajstić information content (AvgIpc) is 2.35. The second-order valence-corrected chi connectivity index (χ2v) is 7.80. The molecule has 0 bridgehead atoms. The number of fused-ring (bicyclic) bond motifs is 1. The molecule has 2 aliphatic rings. The molecule has 0 spiro atoms. The fourth-order valence-electron chi connectivity index (χ4n) is 3.75. The lowest BCUT2D eigenvalue weighted by Crippen LogP contribution is -2.47. The van der Waals surface area contributed by atoms with Gasteiger partial charge in [0.05, 0.1) is 11.4 Å². The Hall–Kier alpha value is 0.300. The summed E-state index contributed by atoms with van der Waals surface area (Å²) < 4.78 is 25.0. The van der Waals surface area contributed by atoms with E-state index in [1.54, 1.807) is 0 Å². The molecule has 0 saturated heterocycles. The Bertz CT molecular complexity index is 328. The summed E-state index contributed by atoms with van der Waals surface area (Å²) in [5, 5.41) is 21.8. The maximum atomic E-state index is 11.2. The lowest BCUT2D eigenvalue weighted by molar-refractivity contribution is -0.432. The highest BCUT2D eigenvalue weighted by molar-refractivity contribution is 7.95. The summed E-state index contributed by atoms with van der Waals surface area (Å²) in [5.74, 6) is 0.724. The van der Waals surface area contributed by atoms with Crippen molar-refractivity contribution in [2.75, 3.05) is 0 Å². The van der Waals surface area contributed by atoms with Crippen LogP contribution in [0.3, 0.4) is 0 Å². The molecule has 6 nitrogen and oxygen atoms in total. The molecule has 2 fully saturated rings. The van der Waals surface area contributed by atoms with Gasteiger partial charge in [-0.2, -0.15) is 0 Å². The molecule has 2 saturated carbocycles. The van der Waals surface area contributed by atoms with Gasteiger partial charge >= 0.3 is 0 Å². The second-order valence-electron chi connectivity index (χ2n) is 5.58. The second kappa shape index (κ2) is 6.84. The molecular weight excluding hydrogens is 292 g/mol. The van der Waals surface area contributed by atoms with Gasteiger partial charge in [0.1, 0.15) is 0 Å². The first-order valence-electron chi connectivity index (χ1n) is 6.44. The molecule has 19 heavy (non-hydrogen) atoms. The van der Waals surface area contributed by atoms with E-state index in [4.69, 9.17) is 5.26 Å². The van der Waals surface area contributed by atoms with Gasteiger partial charge in [-0.05, 0) is 43.4 Å². The van der Waals surface area contributed by atoms with Crippen LogP contribution in [0.4, 0.5) is 0 Å². The molecule has 112 valence electrons. The standard InChI is InChI=1S/C11H20O6S2/c1-6-2-8(18-17-16-13)3-7-4-9(19(14)15)5-10(12)11(6)7/h6-13H,2-5H2,1H3,(H,14,15). The lowest BCUT2D eigenvalue weighted by Gasteiger charge is -2.46. The molecule has 3 N–H and O–H groups in total. The van der Waals surface area contributed by atoms with Crippen LogP contribution in [0.2, 0.25) is 0 Å². The minimum atomic E-state index is -1.88. The van der Waals surface area contributed by atoms with Crippen LogP contribution in [0.25, 0.3) is 0 Å².